The molecule has 0 atom stereocenters. The van der Waals surface area contributed by atoms with Crippen molar-refractivity contribution in [3.05, 3.63) is 12.4 Å². The number of carbonyl (C=O) groups is 2. The summed E-state index contributed by atoms with van der Waals surface area (Å²) >= 11 is 0. The third kappa shape index (κ3) is 10.0. The minimum Gasteiger partial charge on any atom is -0.374 e. The molecule has 35 heavy (non-hydrogen) atoms. The average molecular weight is 546 g/mol. The fourth-order valence-corrected chi connectivity index (χ4v) is 7.28. The van der Waals surface area contributed by atoms with Crippen molar-refractivity contribution in [3.8, 4) is 0 Å². The second-order valence-electron chi connectivity index (χ2n) is 7.34. The molecule has 1 amide bonds. The molecule has 2 aromatic rings. The molecule has 0 spiro atoms. The number of rotatable bonds is 17. The monoisotopic (exact) mass is 545 g/mol. The molecule has 0 saturated heterocycles. The van der Waals surface area contributed by atoms with Gasteiger partial charge in [-0.1, -0.05) is 30.2 Å². The zero-order valence-corrected chi connectivity index (χ0v) is 23.4. The number of carbonyl (C=O) groups excluding carboxylic acids is 2. The molecule has 0 unspecified atom stereocenters. The summed E-state index contributed by atoms with van der Waals surface area (Å²) in [5.74, 6) is -0.0749. The van der Waals surface area contributed by atoms with Crippen LogP contribution in [0.1, 0.15) is 64.6 Å². The van der Waals surface area contributed by atoms with Crippen molar-refractivity contribution in [2.75, 3.05) is 26.4 Å². The van der Waals surface area contributed by atoms with Crippen LogP contribution >= 0.6 is 21.6 Å². The van der Waals surface area contributed by atoms with Gasteiger partial charge < -0.3 is 18.6 Å². The lowest BCUT2D eigenvalue weighted by Crippen LogP contribution is -2.46. The lowest BCUT2D eigenvalue weighted by molar-refractivity contribution is 0.0708. The van der Waals surface area contributed by atoms with Crippen molar-refractivity contribution in [1.82, 2.24) is 35.3 Å². The predicted octanol–water partition coefficient (Wildman–Crippen LogP) is 3.89. The Morgan fingerprint density at radius 2 is 1.46 bits per heavy atom. The zero-order valence-electron chi connectivity index (χ0n) is 20.8. The Morgan fingerprint density at radius 1 is 0.886 bits per heavy atom. The Labute approximate surface area is 215 Å². The topological polar surface area (TPSA) is 135 Å². The summed E-state index contributed by atoms with van der Waals surface area (Å²) in [6, 6.07) is 0.231. The van der Waals surface area contributed by atoms with Gasteiger partial charge in [0.2, 0.25) is 5.91 Å². The molecule has 0 aliphatic heterocycles. The molecule has 0 aliphatic carbocycles. The fourth-order valence-electron chi connectivity index (χ4n) is 3.10. The molecule has 15 heteroatoms. The van der Waals surface area contributed by atoms with E-state index >= 15 is 0 Å². The van der Waals surface area contributed by atoms with E-state index in [9.17, 15) is 9.59 Å². The number of unbranched alkanes of at least 4 members (excludes halogenated alkanes) is 2. The van der Waals surface area contributed by atoms with Crippen LogP contribution in [-0.4, -0.2) is 77.1 Å². The molecular weight excluding hydrogens is 510 g/mol. The first kappa shape index (κ1) is 29.4. The van der Waals surface area contributed by atoms with Gasteiger partial charge in [-0.05, 0) is 55.2 Å². The Hall–Kier alpha value is -1.78. The molecule has 1 N–H and O–H groups in total. The quantitative estimate of drug-likeness (QED) is 0.176. The fraction of sp³-hybridized carbons (Fsp3) is 0.700. The van der Waals surface area contributed by atoms with Crippen LogP contribution in [0.5, 0.6) is 0 Å². The highest BCUT2D eigenvalue weighted by atomic mass is 33.1. The molecule has 2 rings (SSSR count). The highest BCUT2D eigenvalue weighted by Gasteiger charge is 2.39. The zero-order chi connectivity index (χ0) is 25.5. The summed E-state index contributed by atoms with van der Waals surface area (Å²) < 4.78 is 19.9. The van der Waals surface area contributed by atoms with Gasteiger partial charge in [0, 0.05) is 38.8 Å². The lowest BCUT2D eigenvalue weighted by atomic mass is 10.2. The van der Waals surface area contributed by atoms with Crippen molar-refractivity contribution < 1.29 is 22.9 Å². The van der Waals surface area contributed by atoms with E-state index in [4.69, 9.17) is 13.3 Å². The standard InChI is InChI=1S/C20H35N7O5S2Si/c1-5-9-10-12-19(28)26-15-17(22-24-26)33-34-18-16-27(25-23-18)20(29)21-13-11-14-35(30-6-2,31-7-3)32-8-4/h15-16H,5-14H2,1-4H3,(H,21,29). The van der Waals surface area contributed by atoms with Crippen LogP contribution in [0.4, 0.5) is 4.79 Å². The summed E-state index contributed by atoms with van der Waals surface area (Å²) in [6.45, 7) is 9.80. The molecule has 0 fully saturated rings. The summed E-state index contributed by atoms with van der Waals surface area (Å²) in [5.41, 5.74) is 0. The second-order valence-corrected chi connectivity index (χ2v) is 12.2. The largest absolute Gasteiger partial charge is 0.500 e. The van der Waals surface area contributed by atoms with Crippen molar-refractivity contribution in [2.45, 2.75) is 75.9 Å². The number of aromatic nitrogens is 6. The van der Waals surface area contributed by atoms with E-state index in [1.807, 2.05) is 20.8 Å². The van der Waals surface area contributed by atoms with Crippen LogP contribution in [-0.2, 0) is 13.3 Å². The van der Waals surface area contributed by atoms with Crippen LogP contribution in [0.25, 0.3) is 0 Å². The van der Waals surface area contributed by atoms with E-state index in [0.29, 0.717) is 55.3 Å². The average Bonchev–Trinajstić information content (AvgIpc) is 3.51. The van der Waals surface area contributed by atoms with Gasteiger partial charge in [-0.2, -0.15) is 9.36 Å². The minimum atomic E-state index is -2.73. The van der Waals surface area contributed by atoms with Crippen LogP contribution < -0.4 is 5.32 Å². The molecule has 2 heterocycles. The van der Waals surface area contributed by atoms with E-state index in [1.165, 1.54) is 32.5 Å². The Kier molecular flexibility index (Phi) is 13.5. The van der Waals surface area contributed by atoms with E-state index in [0.717, 1.165) is 23.9 Å². The van der Waals surface area contributed by atoms with Crippen LogP contribution in [0.15, 0.2) is 22.4 Å². The van der Waals surface area contributed by atoms with Crippen molar-refractivity contribution in [3.63, 3.8) is 0 Å². The van der Waals surface area contributed by atoms with Gasteiger partial charge in [-0.3, -0.25) is 4.79 Å². The Balaban J connectivity index is 1.77. The van der Waals surface area contributed by atoms with Crippen LogP contribution in [0.3, 0.4) is 0 Å². The lowest BCUT2D eigenvalue weighted by Gasteiger charge is -2.28. The number of hydrogen-bond donors (Lipinski definition) is 1. The molecule has 196 valence electrons. The summed E-state index contributed by atoms with van der Waals surface area (Å²) in [7, 11) is -0.160. The molecule has 0 radical (unpaired) electrons. The number of hydrogen-bond acceptors (Lipinski definition) is 11. The Bertz CT molecular complexity index is 897. The first-order valence-electron chi connectivity index (χ1n) is 11.9. The van der Waals surface area contributed by atoms with E-state index in [-0.39, 0.29) is 11.9 Å². The van der Waals surface area contributed by atoms with Crippen LogP contribution in [0.2, 0.25) is 6.04 Å². The highest BCUT2D eigenvalue weighted by molar-refractivity contribution is 8.76. The maximum absolute atomic E-state index is 12.4. The van der Waals surface area contributed by atoms with Crippen molar-refractivity contribution in [2.24, 2.45) is 0 Å². The van der Waals surface area contributed by atoms with E-state index in [1.54, 1.807) is 6.20 Å². The molecule has 0 bridgehead atoms. The van der Waals surface area contributed by atoms with Crippen molar-refractivity contribution >= 4 is 42.3 Å². The SMILES string of the molecule is CCCCCC(=O)n1cc(SSc2cn(C(=O)NCCC[Si](OCC)(OCC)OCC)nn2)nn1. The molecule has 0 aliphatic rings. The predicted molar refractivity (Wildman–Crippen MR) is 135 cm³/mol. The highest BCUT2D eigenvalue weighted by Crippen LogP contribution is 2.34. The third-order valence-corrected chi connectivity index (χ3v) is 9.87. The normalized spacial score (nSPS) is 11.7. The maximum atomic E-state index is 12.4. The van der Waals surface area contributed by atoms with Gasteiger partial charge in [-0.25, -0.2) is 4.79 Å². The summed E-state index contributed by atoms with van der Waals surface area (Å²) in [5, 5.41) is 19.7. The first-order chi connectivity index (χ1) is 17.0. The minimum absolute atomic E-state index is 0.0749. The van der Waals surface area contributed by atoms with Gasteiger partial charge in [0.1, 0.15) is 10.1 Å². The third-order valence-electron chi connectivity index (χ3n) is 4.64. The number of amides is 1. The first-order valence-corrected chi connectivity index (χ1v) is 16.0. The van der Waals surface area contributed by atoms with Gasteiger partial charge >= 0.3 is 14.8 Å². The summed E-state index contributed by atoms with van der Waals surface area (Å²) in [4.78, 5) is 24.5. The number of nitrogens with zero attached hydrogens (tertiary/aromatic N) is 6. The van der Waals surface area contributed by atoms with Gasteiger partial charge in [0.15, 0.2) is 0 Å². The molecule has 2 aromatic heterocycles. The second kappa shape index (κ2) is 16.1. The van der Waals surface area contributed by atoms with Crippen molar-refractivity contribution in [1.29, 1.82) is 0 Å². The molecular formula is C20H35N7O5S2Si. The Morgan fingerprint density at radius 3 is 2.03 bits per heavy atom. The molecule has 12 nitrogen and oxygen atoms in total. The molecule has 0 aromatic carbocycles. The van der Waals surface area contributed by atoms with Gasteiger partial charge in [-0.15, -0.1) is 10.2 Å². The van der Waals surface area contributed by atoms with Crippen LogP contribution in [0, 0.1) is 0 Å². The maximum Gasteiger partial charge on any atom is 0.500 e. The van der Waals surface area contributed by atoms with E-state index in [2.05, 4.69) is 32.9 Å². The van der Waals surface area contributed by atoms with Gasteiger partial charge in [0.25, 0.3) is 0 Å². The smallest absolute Gasteiger partial charge is 0.374 e. The number of nitrogens with one attached hydrogen (secondary N) is 1. The van der Waals surface area contributed by atoms with Gasteiger partial charge in [0.05, 0.1) is 12.4 Å². The molecule has 0 saturated carbocycles. The van der Waals surface area contributed by atoms with E-state index < -0.39 is 8.80 Å². The summed E-state index contributed by atoms with van der Waals surface area (Å²) in [6.07, 6.45) is 7.13.